The maximum atomic E-state index is 4.62. The van der Waals surface area contributed by atoms with Crippen LogP contribution in [0.25, 0.3) is 0 Å². The third kappa shape index (κ3) is 3.51. The predicted molar refractivity (Wildman–Crippen MR) is 89.3 cm³/mol. The molecular formula is C17H20BrN3. The number of nitrogens with one attached hydrogen (secondary N) is 1. The molecule has 1 aromatic carbocycles. The summed E-state index contributed by atoms with van der Waals surface area (Å²) in [6.07, 6.45) is 3.06. The van der Waals surface area contributed by atoms with Gasteiger partial charge in [-0.2, -0.15) is 0 Å². The molecule has 0 spiro atoms. The average Bonchev–Trinajstić information content (AvgIpc) is 2.80. The number of nitrogens with zero attached hydrogens (tertiary/aromatic N) is 2. The van der Waals surface area contributed by atoms with Crippen LogP contribution in [0, 0.1) is 0 Å². The molecule has 1 aliphatic heterocycles. The zero-order valence-electron chi connectivity index (χ0n) is 12.0. The molecule has 1 aliphatic rings. The fourth-order valence-electron chi connectivity index (χ4n) is 2.90. The number of hydrogen-bond donors (Lipinski definition) is 1. The van der Waals surface area contributed by atoms with Gasteiger partial charge in [-0.3, -0.25) is 9.88 Å². The highest BCUT2D eigenvalue weighted by Crippen LogP contribution is 2.32. The van der Waals surface area contributed by atoms with Crippen molar-refractivity contribution in [3.8, 4) is 0 Å². The molecule has 0 amide bonds. The molecule has 1 aromatic heterocycles. The lowest BCUT2D eigenvalue weighted by Gasteiger charge is -2.31. The van der Waals surface area contributed by atoms with Gasteiger partial charge in [-0.25, -0.2) is 0 Å². The van der Waals surface area contributed by atoms with Gasteiger partial charge in [0.25, 0.3) is 0 Å². The monoisotopic (exact) mass is 345 g/mol. The molecule has 0 radical (unpaired) electrons. The van der Waals surface area contributed by atoms with E-state index in [1.807, 2.05) is 12.3 Å². The maximum Gasteiger partial charge on any atom is 0.0787 e. The largest absolute Gasteiger partial charge is 0.315 e. The summed E-state index contributed by atoms with van der Waals surface area (Å²) < 4.78 is 1.15. The number of halogens is 1. The van der Waals surface area contributed by atoms with Crippen molar-refractivity contribution in [2.75, 3.05) is 26.2 Å². The van der Waals surface area contributed by atoms with Gasteiger partial charge in [0.05, 0.1) is 11.7 Å². The van der Waals surface area contributed by atoms with Crippen molar-refractivity contribution >= 4 is 15.9 Å². The van der Waals surface area contributed by atoms with Crippen molar-refractivity contribution in [2.24, 2.45) is 0 Å². The third-order valence-electron chi connectivity index (χ3n) is 3.91. The SMILES string of the molecule is Brc1ccccc1C(c1ccccn1)N1CCCNCC1. The van der Waals surface area contributed by atoms with E-state index in [0.29, 0.717) is 0 Å². The Balaban J connectivity index is 2.00. The first kappa shape index (κ1) is 14.7. The highest BCUT2D eigenvalue weighted by atomic mass is 79.9. The van der Waals surface area contributed by atoms with E-state index in [4.69, 9.17) is 0 Å². The van der Waals surface area contributed by atoms with E-state index in [9.17, 15) is 0 Å². The second-order valence-electron chi connectivity index (χ2n) is 5.32. The molecule has 2 heterocycles. The van der Waals surface area contributed by atoms with Crippen molar-refractivity contribution in [3.05, 3.63) is 64.4 Å². The number of benzene rings is 1. The van der Waals surface area contributed by atoms with Gasteiger partial charge in [-0.1, -0.05) is 40.2 Å². The minimum Gasteiger partial charge on any atom is -0.315 e. The zero-order chi connectivity index (χ0) is 14.5. The standard InChI is InChI=1S/C17H20BrN3/c18-15-7-2-1-6-14(15)17(16-8-3-4-10-20-16)21-12-5-9-19-11-13-21/h1-4,6-8,10,17,19H,5,9,11-13H2. The zero-order valence-corrected chi connectivity index (χ0v) is 13.6. The van der Waals surface area contributed by atoms with Gasteiger partial charge >= 0.3 is 0 Å². The molecule has 0 bridgehead atoms. The van der Waals surface area contributed by atoms with Crippen molar-refractivity contribution in [2.45, 2.75) is 12.5 Å². The van der Waals surface area contributed by atoms with Crippen LogP contribution in [0.15, 0.2) is 53.1 Å². The van der Waals surface area contributed by atoms with Gasteiger partial charge in [0.1, 0.15) is 0 Å². The third-order valence-corrected chi connectivity index (χ3v) is 4.63. The number of hydrogen-bond acceptors (Lipinski definition) is 3. The van der Waals surface area contributed by atoms with Crippen molar-refractivity contribution in [3.63, 3.8) is 0 Å². The van der Waals surface area contributed by atoms with Gasteiger partial charge < -0.3 is 5.32 Å². The molecule has 2 aromatic rings. The topological polar surface area (TPSA) is 28.2 Å². The van der Waals surface area contributed by atoms with Crippen LogP contribution in [0.1, 0.15) is 23.7 Å². The summed E-state index contributed by atoms with van der Waals surface area (Å²) in [5.74, 6) is 0. The van der Waals surface area contributed by atoms with Crippen LogP contribution in [0.5, 0.6) is 0 Å². The Morgan fingerprint density at radius 2 is 1.90 bits per heavy atom. The molecule has 1 unspecified atom stereocenters. The van der Waals surface area contributed by atoms with Gasteiger partial charge in [0, 0.05) is 30.3 Å². The first-order valence-electron chi connectivity index (χ1n) is 7.46. The van der Waals surface area contributed by atoms with Crippen molar-refractivity contribution in [1.82, 2.24) is 15.2 Å². The summed E-state index contributed by atoms with van der Waals surface area (Å²) in [7, 11) is 0. The molecule has 110 valence electrons. The lowest BCUT2D eigenvalue weighted by atomic mass is 10.0. The summed E-state index contributed by atoms with van der Waals surface area (Å²) in [5.41, 5.74) is 2.41. The van der Waals surface area contributed by atoms with E-state index in [-0.39, 0.29) is 6.04 Å². The number of rotatable bonds is 3. The molecule has 3 nitrogen and oxygen atoms in total. The van der Waals surface area contributed by atoms with E-state index in [1.165, 1.54) is 12.0 Å². The second kappa shape index (κ2) is 7.16. The minimum absolute atomic E-state index is 0.210. The Labute approximate surface area is 134 Å². The summed E-state index contributed by atoms with van der Waals surface area (Å²) >= 11 is 3.71. The summed E-state index contributed by atoms with van der Waals surface area (Å²) in [4.78, 5) is 7.15. The first-order valence-corrected chi connectivity index (χ1v) is 8.25. The maximum absolute atomic E-state index is 4.62. The van der Waals surface area contributed by atoms with Crippen LogP contribution in [-0.4, -0.2) is 36.1 Å². The van der Waals surface area contributed by atoms with Gasteiger partial charge in [0.15, 0.2) is 0 Å². The van der Waals surface area contributed by atoms with Crippen LogP contribution in [0.2, 0.25) is 0 Å². The Morgan fingerprint density at radius 1 is 1.05 bits per heavy atom. The first-order chi connectivity index (χ1) is 10.4. The Morgan fingerprint density at radius 3 is 2.71 bits per heavy atom. The van der Waals surface area contributed by atoms with Crippen LogP contribution in [0.4, 0.5) is 0 Å². The normalized spacial score (nSPS) is 18.1. The number of aromatic nitrogens is 1. The second-order valence-corrected chi connectivity index (χ2v) is 6.17. The van der Waals surface area contributed by atoms with Crippen molar-refractivity contribution in [1.29, 1.82) is 0 Å². The van der Waals surface area contributed by atoms with Crippen LogP contribution in [0.3, 0.4) is 0 Å². The highest BCUT2D eigenvalue weighted by molar-refractivity contribution is 9.10. The molecule has 0 aliphatic carbocycles. The van der Waals surface area contributed by atoms with E-state index in [0.717, 1.165) is 36.3 Å². The molecule has 21 heavy (non-hydrogen) atoms. The molecule has 3 rings (SSSR count). The quantitative estimate of drug-likeness (QED) is 0.925. The Kier molecular flexibility index (Phi) is 5.01. The smallest absolute Gasteiger partial charge is 0.0787 e. The fourth-order valence-corrected chi connectivity index (χ4v) is 3.40. The average molecular weight is 346 g/mol. The summed E-state index contributed by atoms with van der Waals surface area (Å²) in [5, 5.41) is 3.48. The van der Waals surface area contributed by atoms with E-state index in [1.54, 1.807) is 0 Å². The molecule has 0 saturated carbocycles. The molecule has 1 fully saturated rings. The fraction of sp³-hybridized carbons (Fsp3) is 0.353. The van der Waals surface area contributed by atoms with E-state index in [2.05, 4.69) is 67.5 Å². The minimum atomic E-state index is 0.210. The predicted octanol–water partition coefficient (Wildman–Crippen LogP) is 3.23. The molecule has 1 atom stereocenters. The van der Waals surface area contributed by atoms with Crippen molar-refractivity contribution < 1.29 is 0 Å². The molecular weight excluding hydrogens is 326 g/mol. The van der Waals surface area contributed by atoms with Gasteiger partial charge in [-0.15, -0.1) is 0 Å². The Hall–Kier alpha value is -1.23. The van der Waals surface area contributed by atoms with Crippen LogP contribution >= 0.6 is 15.9 Å². The molecule has 1 N–H and O–H groups in total. The van der Waals surface area contributed by atoms with E-state index < -0.39 is 0 Å². The summed E-state index contributed by atoms with van der Waals surface area (Å²) in [6.45, 7) is 4.27. The van der Waals surface area contributed by atoms with Crippen LogP contribution < -0.4 is 5.32 Å². The Bertz CT molecular complexity index is 565. The van der Waals surface area contributed by atoms with E-state index >= 15 is 0 Å². The van der Waals surface area contributed by atoms with Gasteiger partial charge in [-0.05, 0) is 36.7 Å². The lowest BCUT2D eigenvalue weighted by Crippen LogP contribution is -2.33. The molecule has 1 saturated heterocycles. The lowest BCUT2D eigenvalue weighted by molar-refractivity contribution is 0.237. The summed E-state index contributed by atoms with van der Waals surface area (Å²) in [6, 6.07) is 14.9. The highest BCUT2D eigenvalue weighted by Gasteiger charge is 2.25. The number of pyridine rings is 1. The molecule has 4 heteroatoms. The van der Waals surface area contributed by atoms with Gasteiger partial charge in [0.2, 0.25) is 0 Å². The van der Waals surface area contributed by atoms with Crippen LogP contribution in [-0.2, 0) is 0 Å².